The van der Waals surface area contributed by atoms with Crippen molar-refractivity contribution >= 4 is 43.6 Å². The van der Waals surface area contributed by atoms with Gasteiger partial charge in [-0.05, 0) is 119 Å². The summed E-state index contributed by atoms with van der Waals surface area (Å²) in [4.78, 5) is 16.4. The van der Waals surface area contributed by atoms with Gasteiger partial charge in [0.15, 0.2) is 11.6 Å². The molecule has 5 heteroatoms. The van der Waals surface area contributed by atoms with E-state index in [0.717, 1.165) is 94.1 Å². The van der Waals surface area contributed by atoms with Gasteiger partial charge in [-0.2, -0.15) is 9.97 Å². The predicted molar refractivity (Wildman–Crippen MR) is 293 cm³/mol. The van der Waals surface area contributed by atoms with Crippen LogP contribution in [0.5, 0.6) is 0 Å². The summed E-state index contributed by atoms with van der Waals surface area (Å²) in [5.41, 5.74) is 17.0. The zero-order chi connectivity index (χ0) is 47.0. The molecule has 0 atom stereocenters. The Morgan fingerprint density at radius 2 is 0.757 bits per heavy atom. The van der Waals surface area contributed by atoms with Crippen LogP contribution in [0, 0.1) is 0 Å². The number of benzene rings is 9. The molecule has 0 saturated heterocycles. The number of aromatic nitrogens is 5. The first-order valence-electron chi connectivity index (χ1n) is 24.9. The van der Waals surface area contributed by atoms with Crippen molar-refractivity contribution < 1.29 is 0 Å². The van der Waals surface area contributed by atoms with E-state index in [1.807, 2.05) is 0 Å². The molecule has 0 amide bonds. The number of rotatable bonds is 13. The van der Waals surface area contributed by atoms with Crippen molar-refractivity contribution in [3.05, 3.63) is 223 Å². The lowest BCUT2D eigenvalue weighted by Gasteiger charge is -2.14. The Morgan fingerprint density at radius 3 is 1.30 bits per heavy atom. The molecular weight excluding hydrogens is 851 g/mol. The third-order valence-electron chi connectivity index (χ3n) is 13.9. The molecular formula is C65H53N5. The van der Waals surface area contributed by atoms with Gasteiger partial charge in [0.25, 0.3) is 0 Å². The van der Waals surface area contributed by atoms with Crippen molar-refractivity contribution in [2.45, 2.75) is 52.4 Å². The molecule has 0 unspecified atom stereocenters. The van der Waals surface area contributed by atoms with Gasteiger partial charge in [0.1, 0.15) is 0 Å². The molecule has 12 rings (SSSR count). The van der Waals surface area contributed by atoms with Crippen LogP contribution in [0.3, 0.4) is 0 Å². The van der Waals surface area contributed by atoms with E-state index < -0.39 is 0 Å². The van der Waals surface area contributed by atoms with E-state index in [1.54, 1.807) is 0 Å². The van der Waals surface area contributed by atoms with Crippen molar-refractivity contribution in [3.8, 4) is 67.8 Å². The van der Waals surface area contributed by atoms with Crippen LogP contribution in [0.15, 0.2) is 212 Å². The first-order valence-corrected chi connectivity index (χ1v) is 24.9. The van der Waals surface area contributed by atoms with Crippen molar-refractivity contribution in [2.75, 3.05) is 0 Å². The summed E-state index contributed by atoms with van der Waals surface area (Å²) >= 11 is 0. The molecule has 0 aliphatic rings. The number of hydrogen-bond acceptors (Lipinski definition) is 3. The van der Waals surface area contributed by atoms with Gasteiger partial charge < -0.3 is 4.57 Å². The van der Waals surface area contributed by atoms with Gasteiger partial charge in [-0.1, -0.05) is 190 Å². The lowest BCUT2D eigenvalue weighted by molar-refractivity contribution is 0.796. The number of para-hydroxylation sites is 1. The van der Waals surface area contributed by atoms with Crippen LogP contribution < -0.4 is 0 Å². The van der Waals surface area contributed by atoms with E-state index in [-0.39, 0.29) is 0 Å². The van der Waals surface area contributed by atoms with Crippen LogP contribution in [0.1, 0.15) is 50.7 Å². The van der Waals surface area contributed by atoms with Crippen LogP contribution >= 0.6 is 0 Å². The summed E-state index contributed by atoms with van der Waals surface area (Å²) in [6.45, 7) is 4.53. The van der Waals surface area contributed by atoms with E-state index in [2.05, 4.69) is 235 Å². The normalized spacial score (nSPS) is 11.6. The first-order chi connectivity index (χ1) is 34.6. The zero-order valence-corrected chi connectivity index (χ0v) is 39.7. The third-order valence-corrected chi connectivity index (χ3v) is 13.9. The highest BCUT2D eigenvalue weighted by Gasteiger charge is 2.24. The summed E-state index contributed by atoms with van der Waals surface area (Å²) in [7, 11) is 0. The summed E-state index contributed by atoms with van der Waals surface area (Å²) in [6.07, 6.45) is 6.67. The summed E-state index contributed by atoms with van der Waals surface area (Å²) in [6, 6.07) is 76.7. The lowest BCUT2D eigenvalue weighted by atomic mass is 9.98. The fraction of sp³-hybridized carbons (Fsp3) is 0.123. The minimum atomic E-state index is 0.576. The molecule has 0 bridgehead atoms. The summed E-state index contributed by atoms with van der Waals surface area (Å²) < 4.78 is 4.79. The fourth-order valence-electron chi connectivity index (χ4n) is 10.3. The molecule has 338 valence electrons. The fourth-order valence-corrected chi connectivity index (χ4v) is 10.3. The van der Waals surface area contributed by atoms with Gasteiger partial charge in [-0.25, -0.2) is 4.98 Å². The standard InChI is InChI=1S/C65H53N5/c1-3-5-18-44-30-38-59-57(40-44)55-36-37-56-58-41-45(19-6-4-2)31-39-60(58)70(62(56)61(55)69(59)54-28-14-9-15-29-54)65-67-63(66-64(68-65)53-27-17-26-52(43-53)47-22-12-8-13-23-47)49-34-32-48(33-35-49)51-25-16-24-50(42-51)46-20-10-7-11-21-46/h7-17,20-43H,3-6,18-19H2,1-2H3. The number of hydrogen-bond donors (Lipinski definition) is 0. The van der Waals surface area contributed by atoms with Crippen LogP contribution in [-0.4, -0.2) is 24.1 Å². The summed E-state index contributed by atoms with van der Waals surface area (Å²) in [5, 5.41) is 4.82. The minimum absolute atomic E-state index is 0.576. The van der Waals surface area contributed by atoms with Crippen LogP contribution in [-0.2, 0) is 12.8 Å². The van der Waals surface area contributed by atoms with Gasteiger partial charge in [-0.3, -0.25) is 4.57 Å². The average Bonchev–Trinajstić information content (AvgIpc) is 3.95. The zero-order valence-electron chi connectivity index (χ0n) is 39.7. The van der Waals surface area contributed by atoms with Crippen LogP contribution in [0.25, 0.3) is 111 Å². The first kappa shape index (κ1) is 42.9. The number of nitrogens with zero attached hydrogens (tertiary/aromatic N) is 5. The van der Waals surface area contributed by atoms with Crippen LogP contribution in [0.4, 0.5) is 0 Å². The quantitative estimate of drug-likeness (QED) is 0.116. The Balaban J connectivity index is 1.12. The highest BCUT2D eigenvalue weighted by Crippen LogP contribution is 2.43. The molecule has 3 heterocycles. The topological polar surface area (TPSA) is 48.5 Å². The van der Waals surface area contributed by atoms with Crippen molar-refractivity contribution in [1.82, 2.24) is 24.1 Å². The van der Waals surface area contributed by atoms with Crippen molar-refractivity contribution in [3.63, 3.8) is 0 Å². The highest BCUT2D eigenvalue weighted by molar-refractivity contribution is 6.24. The smallest absolute Gasteiger partial charge is 0.238 e. The van der Waals surface area contributed by atoms with Crippen molar-refractivity contribution in [1.29, 1.82) is 0 Å². The Morgan fingerprint density at radius 1 is 0.329 bits per heavy atom. The molecule has 5 nitrogen and oxygen atoms in total. The predicted octanol–water partition coefficient (Wildman–Crippen LogP) is 17.1. The van der Waals surface area contributed by atoms with Crippen LogP contribution in [0.2, 0.25) is 0 Å². The molecule has 0 aliphatic carbocycles. The maximum Gasteiger partial charge on any atom is 0.238 e. The number of unbranched alkanes of at least 4 members (excludes halogenated alkanes) is 2. The molecule has 0 radical (unpaired) electrons. The second kappa shape index (κ2) is 18.6. The highest BCUT2D eigenvalue weighted by atomic mass is 15.2. The lowest BCUT2D eigenvalue weighted by Crippen LogP contribution is -2.07. The van der Waals surface area contributed by atoms with E-state index in [1.165, 1.54) is 49.3 Å². The van der Waals surface area contributed by atoms with Crippen molar-refractivity contribution in [2.24, 2.45) is 0 Å². The molecule has 0 N–H and O–H groups in total. The molecule has 0 fully saturated rings. The average molecular weight is 904 g/mol. The monoisotopic (exact) mass is 903 g/mol. The SMILES string of the molecule is CCCCc1ccc2c(c1)c1ccc3c4cc(CCCC)ccc4n(-c4nc(-c5ccc(-c6cccc(-c7ccccc7)c6)cc5)nc(-c5cccc(-c6ccccc6)c5)n4)c3c1n2-c1ccccc1. The molecule has 0 spiro atoms. The molecule has 9 aromatic carbocycles. The molecule has 70 heavy (non-hydrogen) atoms. The Labute approximate surface area is 409 Å². The Bertz CT molecular complexity index is 3830. The maximum absolute atomic E-state index is 5.52. The molecule has 0 aliphatic heterocycles. The second-order valence-corrected chi connectivity index (χ2v) is 18.5. The van der Waals surface area contributed by atoms with E-state index >= 15 is 0 Å². The number of aryl methyl sites for hydroxylation is 2. The number of fused-ring (bicyclic) bond motifs is 7. The van der Waals surface area contributed by atoms with Gasteiger partial charge in [0, 0.05) is 38.4 Å². The van der Waals surface area contributed by atoms with E-state index in [9.17, 15) is 0 Å². The van der Waals surface area contributed by atoms with Gasteiger partial charge in [0.05, 0.1) is 22.1 Å². The molecule has 3 aromatic heterocycles. The second-order valence-electron chi connectivity index (χ2n) is 18.5. The maximum atomic E-state index is 5.52. The van der Waals surface area contributed by atoms with E-state index in [4.69, 9.17) is 15.0 Å². The van der Waals surface area contributed by atoms with E-state index in [0.29, 0.717) is 17.6 Å². The van der Waals surface area contributed by atoms with Gasteiger partial charge in [0.2, 0.25) is 5.95 Å². The van der Waals surface area contributed by atoms with Gasteiger partial charge in [-0.15, -0.1) is 0 Å². The third kappa shape index (κ3) is 7.93. The Kier molecular flexibility index (Phi) is 11.4. The minimum Gasteiger partial charge on any atom is -0.307 e. The largest absolute Gasteiger partial charge is 0.307 e. The molecule has 0 saturated carbocycles. The van der Waals surface area contributed by atoms with Gasteiger partial charge >= 0.3 is 0 Å². The Hall–Kier alpha value is -8.41. The molecule has 12 aromatic rings. The summed E-state index contributed by atoms with van der Waals surface area (Å²) in [5.74, 6) is 1.80.